The second kappa shape index (κ2) is 4.82. The first-order valence-electron chi connectivity index (χ1n) is 6.30. The molecule has 0 N–H and O–H groups in total. The van der Waals surface area contributed by atoms with Gasteiger partial charge >= 0.3 is 0 Å². The maximum absolute atomic E-state index is 4.49. The fourth-order valence-electron chi connectivity index (χ4n) is 2.27. The minimum atomic E-state index is 0.846. The van der Waals surface area contributed by atoms with Crippen LogP contribution in [-0.4, -0.2) is 9.55 Å². The predicted molar refractivity (Wildman–Crippen MR) is 82.5 cm³/mol. The number of nitrogens with zero attached hydrogens (tertiary/aromatic N) is 2. The molecule has 3 rings (SSSR count). The highest BCUT2D eigenvalue weighted by atomic mass is 79.9. The topological polar surface area (TPSA) is 17.8 Å². The van der Waals surface area contributed by atoms with Crippen LogP contribution in [-0.2, 0) is 6.54 Å². The highest BCUT2D eigenvalue weighted by molar-refractivity contribution is 9.10. The summed E-state index contributed by atoms with van der Waals surface area (Å²) in [5, 5.41) is 0. The van der Waals surface area contributed by atoms with Crippen LogP contribution in [0.15, 0.2) is 47.2 Å². The summed E-state index contributed by atoms with van der Waals surface area (Å²) in [6.07, 6.45) is 1.92. The van der Waals surface area contributed by atoms with Crippen LogP contribution in [0.2, 0.25) is 0 Å². The Morgan fingerprint density at radius 3 is 2.68 bits per heavy atom. The van der Waals surface area contributed by atoms with E-state index in [1.165, 1.54) is 22.2 Å². The molecule has 0 fully saturated rings. The van der Waals surface area contributed by atoms with Gasteiger partial charge in [-0.2, -0.15) is 0 Å². The lowest BCUT2D eigenvalue weighted by atomic mass is 10.1. The van der Waals surface area contributed by atoms with Gasteiger partial charge in [-0.25, -0.2) is 4.98 Å². The lowest BCUT2D eigenvalue weighted by Crippen LogP contribution is -1.98. The van der Waals surface area contributed by atoms with Crippen molar-refractivity contribution in [2.75, 3.05) is 0 Å². The largest absolute Gasteiger partial charge is 0.326 e. The summed E-state index contributed by atoms with van der Waals surface area (Å²) in [6.45, 7) is 5.12. The maximum atomic E-state index is 4.49. The molecule has 0 saturated heterocycles. The second-order valence-corrected chi connectivity index (χ2v) is 5.84. The van der Waals surface area contributed by atoms with E-state index in [0.717, 1.165) is 16.5 Å². The second-order valence-electron chi connectivity index (χ2n) is 4.93. The third kappa shape index (κ3) is 2.43. The van der Waals surface area contributed by atoms with Gasteiger partial charge in [0.25, 0.3) is 0 Å². The minimum absolute atomic E-state index is 0.846. The van der Waals surface area contributed by atoms with Gasteiger partial charge in [-0.3, -0.25) is 0 Å². The van der Waals surface area contributed by atoms with Gasteiger partial charge in [-0.05, 0) is 54.8 Å². The molecular weight excluding hydrogens is 300 g/mol. The molecule has 2 nitrogen and oxygen atoms in total. The summed E-state index contributed by atoms with van der Waals surface area (Å²) in [7, 11) is 0. The van der Waals surface area contributed by atoms with Gasteiger partial charge in [0.15, 0.2) is 0 Å². The standard InChI is InChI=1S/C16H15BrN2/c1-11-6-15-16(7-12(11)2)19(10-18-15)9-13-4-3-5-14(17)8-13/h3-8,10H,9H2,1-2H3. The molecule has 0 spiro atoms. The van der Waals surface area contributed by atoms with Crippen LogP contribution in [0.3, 0.4) is 0 Å². The van der Waals surface area contributed by atoms with E-state index in [1.807, 2.05) is 12.4 Å². The summed E-state index contributed by atoms with van der Waals surface area (Å²) < 4.78 is 3.31. The van der Waals surface area contributed by atoms with E-state index in [9.17, 15) is 0 Å². The molecule has 1 heterocycles. The number of halogens is 1. The molecule has 1 aromatic heterocycles. The van der Waals surface area contributed by atoms with Crippen LogP contribution in [0.1, 0.15) is 16.7 Å². The van der Waals surface area contributed by atoms with Crippen LogP contribution in [0.4, 0.5) is 0 Å². The number of rotatable bonds is 2. The van der Waals surface area contributed by atoms with Crippen molar-refractivity contribution in [2.24, 2.45) is 0 Å². The summed E-state index contributed by atoms with van der Waals surface area (Å²) in [5.74, 6) is 0. The van der Waals surface area contributed by atoms with Crippen molar-refractivity contribution in [3.8, 4) is 0 Å². The summed E-state index contributed by atoms with van der Waals surface area (Å²) in [5.41, 5.74) is 6.14. The average molecular weight is 315 g/mol. The molecule has 3 aromatic rings. The number of hydrogen-bond acceptors (Lipinski definition) is 1. The molecule has 0 saturated carbocycles. The Kier molecular flexibility index (Phi) is 3.15. The van der Waals surface area contributed by atoms with Crippen LogP contribution in [0, 0.1) is 13.8 Å². The summed E-state index contributed by atoms with van der Waals surface area (Å²) in [6, 6.07) is 12.8. The minimum Gasteiger partial charge on any atom is -0.326 e. The van der Waals surface area contributed by atoms with Crippen molar-refractivity contribution in [3.05, 3.63) is 63.9 Å². The molecule has 3 heteroatoms. The van der Waals surface area contributed by atoms with E-state index in [-0.39, 0.29) is 0 Å². The first kappa shape index (κ1) is 12.4. The number of fused-ring (bicyclic) bond motifs is 1. The van der Waals surface area contributed by atoms with Gasteiger partial charge < -0.3 is 4.57 Å². The smallest absolute Gasteiger partial charge is 0.0961 e. The molecule has 0 unspecified atom stereocenters. The zero-order valence-corrected chi connectivity index (χ0v) is 12.6. The SMILES string of the molecule is Cc1cc2ncn(Cc3cccc(Br)c3)c2cc1C. The van der Waals surface area contributed by atoms with Crippen LogP contribution in [0.5, 0.6) is 0 Å². The zero-order valence-electron chi connectivity index (χ0n) is 11.0. The summed E-state index contributed by atoms with van der Waals surface area (Å²) in [4.78, 5) is 4.49. The van der Waals surface area contributed by atoms with Gasteiger partial charge in [0, 0.05) is 11.0 Å². The Morgan fingerprint density at radius 2 is 1.89 bits per heavy atom. The van der Waals surface area contributed by atoms with Crippen LogP contribution < -0.4 is 0 Å². The molecule has 0 aliphatic rings. The summed E-state index contributed by atoms with van der Waals surface area (Å²) >= 11 is 3.51. The van der Waals surface area contributed by atoms with E-state index in [4.69, 9.17) is 0 Å². The number of aromatic nitrogens is 2. The molecule has 0 bridgehead atoms. The Bertz CT molecular complexity index is 744. The van der Waals surface area contributed by atoms with Crippen molar-refractivity contribution in [1.82, 2.24) is 9.55 Å². The average Bonchev–Trinajstić information content (AvgIpc) is 2.73. The van der Waals surface area contributed by atoms with Gasteiger partial charge in [0.05, 0.1) is 17.4 Å². The fraction of sp³-hybridized carbons (Fsp3) is 0.188. The lowest BCUT2D eigenvalue weighted by molar-refractivity contribution is 0.823. The Morgan fingerprint density at radius 1 is 1.11 bits per heavy atom. The molecule has 0 atom stereocenters. The molecule has 96 valence electrons. The van der Waals surface area contributed by atoms with Crippen molar-refractivity contribution < 1.29 is 0 Å². The number of benzene rings is 2. The van der Waals surface area contributed by atoms with Crippen molar-refractivity contribution in [2.45, 2.75) is 20.4 Å². The monoisotopic (exact) mass is 314 g/mol. The molecule has 0 aliphatic carbocycles. The number of imidazole rings is 1. The molecule has 0 amide bonds. The highest BCUT2D eigenvalue weighted by Crippen LogP contribution is 2.20. The Labute approximate surface area is 121 Å². The number of aryl methyl sites for hydroxylation is 2. The van der Waals surface area contributed by atoms with Gasteiger partial charge in [-0.15, -0.1) is 0 Å². The van der Waals surface area contributed by atoms with Crippen molar-refractivity contribution in [3.63, 3.8) is 0 Å². The Balaban J connectivity index is 2.04. The van der Waals surface area contributed by atoms with E-state index in [2.05, 4.69) is 69.7 Å². The molecule has 2 aromatic carbocycles. The number of hydrogen-bond donors (Lipinski definition) is 0. The van der Waals surface area contributed by atoms with Gasteiger partial charge in [0.2, 0.25) is 0 Å². The third-order valence-corrected chi connectivity index (χ3v) is 3.97. The third-order valence-electron chi connectivity index (χ3n) is 3.48. The normalized spacial score (nSPS) is 11.1. The predicted octanol–water partition coefficient (Wildman–Crippen LogP) is 4.46. The molecule has 0 aliphatic heterocycles. The van der Waals surface area contributed by atoms with Crippen molar-refractivity contribution in [1.29, 1.82) is 0 Å². The highest BCUT2D eigenvalue weighted by Gasteiger charge is 2.05. The van der Waals surface area contributed by atoms with E-state index < -0.39 is 0 Å². The molecule has 19 heavy (non-hydrogen) atoms. The van der Waals surface area contributed by atoms with Gasteiger partial charge in [-0.1, -0.05) is 28.1 Å². The van der Waals surface area contributed by atoms with E-state index in [0.29, 0.717) is 0 Å². The molecular formula is C16H15BrN2. The lowest BCUT2D eigenvalue weighted by Gasteiger charge is -2.06. The van der Waals surface area contributed by atoms with Crippen molar-refractivity contribution >= 4 is 27.0 Å². The molecule has 0 radical (unpaired) electrons. The first-order chi connectivity index (χ1) is 9.13. The zero-order chi connectivity index (χ0) is 13.4. The van der Waals surface area contributed by atoms with Crippen LogP contribution >= 0.6 is 15.9 Å². The first-order valence-corrected chi connectivity index (χ1v) is 7.09. The fourth-order valence-corrected chi connectivity index (χ4v) is 2.72. The Hall–Kier alpha value is -1.61. The van der Waals surface area contributed by atoms with E-state index in [1.54, 1.807) is 0 Å². The maximum Gasteiger partial charge on any atom is 0.0961 e. The quantitative estimate of drug-likeness (QED) is 0.682. The van der Waals surface area contributed by atoms with E-state index >= 15 is 0 Å². The van der Waals surface area contributed by atoms with Gasteiger partial charge in [0.1, 0.15) is 0 Å². The van der Waals surface area contributed by atoms with Crippen LogP contribution in [0.25, 0.3) is 11.0 Å².